The van der Waals surface area contributed by atoms with Crippen LogP contribution in [0.4, 0.5) is 5.69 Å². The van der Waals surface area contributed by atoms with Gasteiger partial charge in [-0.2, -0.15) is 0 Å². The Morgan fingerprint density at radius 2 is 1.96 bits per heavy atom. The molecule has 7 heteroatoms. The van der Waals surface area contributed by atoms with E-state index < -0.39 is 4.92 Å². The molecule has 0 bridgehead atoms. The van der Waals surface area contributed by atoms with Crippen LogP contribution in [0.25, 0.3) is 0 Å². The van der Waals surface area contributed by atoms with Crippen LogP contribution in [0.3, 0.4) is 0 Å². The van der Waals surface area contributed by atoms with Crippen molar-refractivity contribution in [3.8, 4) is 0 Å². The molecule has 2 aromatic carbocycles. The maximum atomic E-state index is 12.8. The highest BCUT2D eigenvalue weighted by atomic mass is 35.5. The Labute approximate surface area is 150 Å². The summed E-state index contributed by atoms with van der Waals surface area (Å²) in [7, 11) is 0. The Hall–Kier alpha value is -2.44. The molecule has 2 atom stereocenters. The first kappa shape index (κ1) is 17.4. The van der Waals surface area contributed by atoms with E-state index in [9.17, 15) is 14.9 Å². The van der Waals surface area contributed by atoms with Crippen molar-refractivity contribution < 1.29 is 9.72 Å². The molecule has 1 aliphatic rings. The SMILES string of the molecule is NC[C@@H]1CN(C(=O)c2cc(Cl)cc([N+](=O)[O-])c2)C[C@H]1c1ccccc1. The number of halogens is 1. The monoisotopic (exact) mass is 359 g/mol. The number of hydrogen-bond donors (Lipinski definition) is 1. The van der Waals surface area contributed by atoms with E-state index in [1.165, 1.54) is 18.2 Å². The lowest BCUT2D eigenvalue weighted by Gasteiger charge is -2.17. The second-order valence-electron chi connectivity index (χ2n) is 6.18. The summed E-state index contributed by atoms with van der Waals surface area (Å²) >= 11 is 5.93. The minimum Gasteiger partial charge on any atom is -0.338 e. The van der Waals surface area contributed by atoms with Gasteiger partial charge < -0.3 is 10.6 Å². The van der Waals surface area contributed by atoms with Crippen molar-refractivity contribution in [3.63, 3.8) is 0 Å². The maximum absolute atomic E-state index is 12.8. The third-order valence-electron chi connectivity index (χ3n) is 4.60. The Bertz CT molecular complexity index is 797. The number of likely N-dealkylation sites (tertiary alicyclic amines) is 1. The molecule has 6 nitrogen and oxygen atoms in total. The first-order valence-electron chi connectivity index (χ1n) is 7.99. The zero-order valence-corrected chi connectivity index (χ0v) is 14.2. The van der Waals surface area contributed by atoms with Crippen molar-refractivity contribution in [3.05, 3.63) is 74.8 Å². The Kier molecular flexibility index (Phi) is 5.01. The summed E-state index contributed by atoms with van der Waals surface area (Å²) in [4.78, 5) is 25.0. The average Bonchev–Trinajstić information content (AvgIpc) is 3.05. The molecule has 1 saturated heterocycles. The van der Waals surface area contributed by atoms with Crippen LogP contribution in [0, 0.1) is 16.0 Å². The summed E-state index contributed by atoms with van der Waals surface area (Å²) in [5.41, 5.74) is 7.08. The van der Waals surface area contributed by atoms with Crippen LogP contribution < -0.4 is 5.73 Å². The minimum absolute atomic E-state index is 0.153. The van der Waals surface area contributed by atoms with Gasteiger partial charge in [0, 0.05) is 41.7 Å². The number of nitrogens with zero attached hydrogens (tertiary/aromatic N) is 2. The molecule has 0 aliphatic carbocycles. The van der Waals surface area contributed by atoms with E-state index in [1.807, 2.05) is 30.3 Å². The predicted molar refractivity (Wildman–Crippen MR) is 95.7 cm³/mol. The topological polar surface area (TPSA) is 89.5 Å². The van der Waals surface area contributed by atoms with Crippen molar-refractivity contribution in [1.29, 1.82) is 0 Å². The van der Waals surface area contributed by atoms with Crippen LogP contribution >= 0.6 is 11.6 Å². The van der Waals surface area contributed by atoms with E-state index in [0.717, 1.165) is 5.56 Å². The molecule has 3 rings (SSSR count). The van der Waals surface area contributed by atoms with Crippen LogP contribution in [-0.2, 0) is 0 Å². The predicted octanol–water partition coefficient (Wildman–Crippen LogP) is 3.06. The molecule has 0 radical (unpaired) electrons. The lowest BCUT2D eigenvalue weighted by Crippen LogP contribution is -2.29. The fraction of sp³-hybridized carbons (Fsp3) is 0.278. The lowest BCUT2D eigenvalue weighted by atomic mass is 9.89. The molecule has 1 heterocycles. The van der Waals surface area contributed by atoms with Gasteiger partial charge in [0.2, 0.25) is 0 Å². The van der Waals surface area contributed by atoms with E-state index in [0.29, 0.717) is 19.6 Å². The summed E-state index contributed by atoms with van der Waals surface area (Å²) in [6.45, 7) is 1.53. The van der Waals surface area contributed by atoms with Crippen molar-refractivity contribution in [2.24, 2.45) is 11.7 Å². The molecule has 0 saturated carbocycles. The minimum atomic E-state index is -0.553. The molecule has 25 heavy (non-hydrogen) atoms. The van der Waals surface area contributed by atoms with E-state index in [1.54, 1.807) is 4.90 Å². The lowest BCUT2D eigenvalue weighted by molar-refractivity contribution is -0.384. The molecule has 0 aromatic heterocycles. The highest BCUT2D eigenvalue weighted by Gasteiger charge is 2.35. The number of rotatable bonds is 4. The van der Waals surface area contributed by atoms with Crippen LogP contribution in [-0.4, -0.2) is 35.4 Å². The van der Waals surface area contributed by atoms with E-state index in [4.69, 9.17) is 17.3 Å². The zero-order chi connectivity index (χ0) is 18.0. The second-order valence-corrected chi connectivity index (χ2v) is 6.61. The normalized spacial score (nSPS) is 19.8. The number of carbonyl (C=O) groups is 1. The van der Waals surface area contributed by atoms with Gasteiger partial charge >= 0.3 is 0 Å². The van der Waals surface area contributed by atoms with Crippen molar-refractivity contribution in [1.82, 2.24) is 4.90 Å². The summed E-state index contributed by atoms with van der Waals surface area (Å²) in [6.07, 6.45) is 0. The molecule has 2 aromatic rings. The molecule has 1 amide bonds. The number of nitro groups is 1. The van der Waals surface area contributed by atoms with Gasteiger partial charge in [-0.05, 0) is 24.1 Å². The average molecular weight is 360 g/mol. The van der Waals surface area contributed by atoms with E-state index >= 15 is 0 Å². The first-order chi connectivity index (χ1) is 12.0. The van der Waals surface area contributed by atoms with Crippen LogP contribution in [0.1, 0.15) is 21.8 Å². The van der Waals surface area contributed by atoms with E-state index in [-0.39, 0.29) is 34.0 Å². The number of hydrogen-bond acceptors (Lipinski definition) is 4. The van der Waals surface area contributed by atoms with Gasteiger partial charge in [-0.1, -0.05) is 41.9 Å². The number of benzene rings is 2. The Morgan fingerprint density at radius 1 is 1.24 bits per heavy atom. The third kappa shape index (κ3) is 3.65. The summed E-state index contributed by atoms with van der Waals surface area (Å²) in [6, 6.07) is 13.9. The number of amides is 1. The Morgan fingerprint density at radius 3 is 2.60 bits per heavy atom. The quantitative estimate of drug-likeness (QED) is 0.671. The molecular weight excluding hydrogens is 342 g/mol. The zero-order valence-electron chi connectivity index (χ0n) is 13.5. The van der Waals surface area contributed by atoms with Gasteiger partial charge in [-0.15, -0.1) is 0 Å². The summed E-state index contributed by atoms with van der Waals surface area (Å²) in [5, 5.41) is 11.2. The summed E-state index contributed by atoms with van der Waals surface area (Å²) < 4.78 is 0. The molecular formula is C18H18ClN3O3. The van der Waals surface area contributed by atoms with E-state index in [2.05, 4.69) is 0 Å². The highest BCUT2D eigenvalue weighted by Crippen LogP contribution is 2.33. The van der Waals surface area contributed by atoms with Gasteiger partial charge in [0.05, 0.1) is 4.92 Å². The summed E-state index contributed by atoms with van der Waals surface area (Å²) in [5.74, 6) is 0.0484. The molecule has 0 unspecified atom stereocenters. The van der Waals surface area contributed by atoms with Gasteiger partial charge in [0.15, 0.2) is 0 Å². The largest absolute Gasteiger partial charge is 0.338 e. The van der Waals surface area contributed by atoms with Crippen molar-refractivity contribution in [2.75, 3.05) is 19.6 Å². The van der Waals surface area contributed by atoms with Crippen LogP contribution in [0.5, 0.6) is 0 Å². The second kappa shape index (κ2) is 7.21. The van der Waals surface area contributed by atoms with Gasteiger partial charge in [-0.25, -0.2) is 0 Å². The molecule has 1 aliphatic heterocycles. The van der Waals surface area contributed by atoms with Crippen LogP contribution in [0.15, 0.2) is 48.5 Å². The molecule has 1 fully saturated rings. The fourth-order valence-corrected chi connectivity index (χ4v) is 3.57. The fourth-order valence-electron chi connectivity index (χ4n) is 3.34. The number of nitro benzene ring substituents is 1. The molecule has 2 N–H and O–H groups in total. The van der Waals surface area contributed by atoms with Gasteiger partial charge in [0.25, 0.3) is 11.6 Å². The molecule has 0 spiro atoms. The standard InChI is InChI=1S/C18H18ClN3O3/c19-15-6-13(7-16(8-15)22(24)25)18(23)21-10-14(9-20)17(11-21)12-4-2-1-3-5-12/h1-8,14,17H,9-11,20H2/t14-,17+/m1/s1. The third-order valence-corrected chi connectivity index (χ3v) is 4.82. The first-order valence-corrected chi connectivity index (χ1v) is 8.36. The van der Waals surface area contributed by atoms with Crippen LogP contribution in [0.2, 0.25) is 5.02 Å². The maximum Gasteiger partial charge on any atom is 0.271 e. The number of carbonyl (C=O) groups excluding carboxylic acids is 1. The van der Waals surface area contributed by atoms with Gasteiger partial charge in [0.1, 0.15) is 0 Å². The number of non-ortho nitro benzene ring substituents is 1. The van der Waals surface area contributed by atoms with Crippen molar-refractivity contribution in [2.45, 2.75) is 5.92 Å². The van der Waals surface area contributed by atoms with Gasteiger partial charge in [-0.3, -0.25) is 14.9 Å². The number of nitrogens with two attached hydrogens (primary N) is 1. The smallest absolute Gasteiger partial charge is 0.271 e. The van der Waals surface area contributed by atoms with Crippen molar-refractivity contribution >= 4 is 23.2 Å². The molecule has 130 valence electrons. The highest BCUT2D eigenvalue weighted by molar-refractivity contribution is 6.31. The Balaban J connectivity index is 1.85.